The van der Waals surface area contributed by atoms with Gasteiger partial charge < -0.3 is 19.3 Å². The van der Waals surface area contributed by atoms with Crippen molar-refractivity contribution in [2.75, 3.05) is 19.6 Å². The number of H-pyrrole nitrogens is 1. The van der Waals surface area contributed by atoms with Crippen LogP contribution in [0.5, 0.6) is 0 Å². The third-order valence-corrected chi connectivity index (χ3v) is 6.82. The van der Waals surface area contributed by atoms with E-state index in [4.69, 9.17) is 18.5 Å². The summed E-state index contributed by atoms with van der Waals surface area (Å²) in [6.07, 6.45) is -3.78. The van der Waals surface area contributed by atoms with Crippen molar-refractivity contribution >= 4 is 13.8 Å². The maximum atomic E-state index is 14.1. The van der Waals surface area contributed by atoms with Crippen molar-refractivity contribution in [2.45, 2.75) is 56.8 Å². The van der Waals surface area contributed by atoms with Gasteiger partial charge >= 0.3 is 19.4 Å². The van der Waals surface area contributed by atoms with Crippen molar-refractivity contribution in [3.05, 3.63) is 33.1 Å². The third-order valence-electron chi connectivity index (χ3n) is 5.02. The number of aliphatic hydroxyl groups is 1. The molecule has 2 N–H and O–H groups in total. The summed E-state index contributed by atoms with van der Waals surface area (Å²) in [5.41, 5.74) is -5.30. The molecule has 1 unspecified atom stereocenters. The molecule has 2 aliphatic rings. The van der Waals surface area contributed by atoms with Gasteiger partial charge in [0.05, 0.1) is 12.3 Å². The second-order valence-electron chi connectivity index (χ2n) is 7.79. The van der Waals surface area contributed by atoms with Crippen LogP contribution in [-0.4, -0.2) is 63.9 Å². The molecule has 0 radical (unpaired) electrons. The van der Waals surface area contributed by atoms with Crippen LogP contribution in [-0.2, 0) is 27.8 Å². The lowest BCUT2D eigenvalue weighted by Gasteiger charge is -2.41. The number of halogens is 1. The molecule has 174 valence electrons. The first-order valence-electron chi connectivity index (χ1n) is 9.45. The topological polar surface area (TPSA) is 155 Å². The van der Waals surface area contributed by atoms with Crippen LogP contribution in [0.25, 0.3) is 0 Å². The molecular weight excluding hydrogens is 442 g/mol. The molecule has 0 bridgehead atoms. The number of carbonyl (C=O) groups excluding carboxylic acids is 1. The number of ether oxygens (including phenoxy) is 3. The zero-order valence-corrected chi connectivity index (χ0v) is 18.0. The number of hydrogen-bond acceptors (Lipinski definition) is 10. The Kier molecular flexibility index (Phi) is 6.45. The van der Waals surface area contributed by atoms with Crippen LogP contribution >= 0.6 is 7.60 Å². The van der Waals surface area contributed by atoms with E-state index in [1.165, 1.54) is 6.92 Å². The van der Waals surface area contributed by atoms with Gasteiger partial charge in [0.25, 0.3) is 5.56 Å². The lowest BCUT2D eigenvalue weighted by atomic mass is 9.86. The summed E-state index contributed by atoms with van der Waals surface area (Å²) < 4.78 is 53.7. The SMILES string of the molecule is CC(C)OC(=O)OCOP1(=O)CC[C@@]2(CF)O[C@@H](n3ccc(=O)[nH]c3=O)[C@](C)(O)[C@@H]2O1. The van der Waals surface area contributed by atoms with Crippen molar-refractivity contribution in [3.8, 4) is 0 Å². The molecule has 0 aliphatic carbocycles. The Morgan fingerprint density at radius 3 is 2.81 bits per heavy atom. The molecule has 1 aromatic heterocycles. The molecule has 12 nitrogen and oxygen atoms in total. The van der Waals surface area contributed by atoms with Crippen molar-refractivity contribution in [1.29, 1.82) is 0 Å². The molecule has 3 heterocycles. The Morgan fingerprint density at radius 1 is 1.48 bits per heavy atom. The zero-order chi connectivity index (χ0) is 23.0. The fourth-order valence-electron chi connectivity index (χ4n) is 3.59. The van der Waals surface area contributed by atoms with Gasteiger partial charge in [-0.15, -0.1) is 0 Å². The summed E-state index contributed by atoms with van der Waals surface area (Å²) in [5.74, 6) is 0. The average molecular weight is 466 g/mol. The van der Waals surface area contributed by atoms with Gasteiger partial charge in [0, 0.05) is 12.3 Å². The van der Waals surface area contributed by atoms with Gasteiger partial charge in [-0.3, -0.25) is 28.0 Å². The predicted octanol–water partition coefficient (Wildman–Crippen LogP) is 1.04. The highest BCUT2D eigenvalue weighted by molar-refractivity contribution is 7.53. The Labute approximate surface area is 175 Å². The van der Waals surface area contributed by atoms with Crippen LogP contribution in [0.4, 0.5) is 9.18 Å². The molecule has 0 spiro atoms. The van der Waals surface area contributed by atoms with Crippen molar-refractivity contribution in [1.82, 2.24) is 9.55 Å². The lowest BCUT2D eigenvalue weighted by Crippen LogP contribution is -2.54. The molecule has 2 aliphatic heterocycles. The smallest absolute Gasteiger partial charge is 0.432 e. The van der Waals surface area contributed by atoms with Crippen molar-refractivity contribution in [2.24, 2.45) is 0 Å². The third kappa shape index (κ3) is 4.60. The number of rotatable bonds is 6. The molecule has 2 fully saturated rings. The van der Waals surface area contributed by atoms with Gasteiger partial charge in [-0.25, -0.2) is 14.0 Å². The zero-order valence-electron chi connectivity index (χ0n) is 17.1. The number of carbonyl (C=O) groups is 1. The number of hydrogen-bond donors (Lipinski definition) is 2. The number of aromatic amines is 1. The minimum absolute atomic E-state index is 0.174. The van der Waals surface area contributed by atoms with Gasteiger partial charge in [-0.1, -0.05) is 0 Å². The summed E-state index contributed by atoms with van der Waals surface area (Å²) in [5, 5.41) is 11.1. The summed E-state index contributed by atoms with van der Waals surface area (Å²) >= 11 is 0. The standard InChI is InChI=1S/C17H24FN2O10P/c1-10(2)28-15(23)26-9-27-31(25)7-5-17(8-18)12(30-31)16(3,24)13(29-17)20-6-4-11(21)19-14(20)22/h4,6,10,12-13,24H,5,7-9H2,1-3H3,(H,19,21,22)/t12-,13+,16+,17-,31?/m0/s1. The Balaban J connectivity index is 1.80. The largest absolute Gasteiger partial charge is 0.510 e. The van der Waals surface area contributed by atoms with Crippen LogP contribution in [0.15, 0.2) is 21.9 Å². The summed E-state index contributed by atoms with van der Waals surface area (Å²) in [6.45, 7) is 2.58. The normalized spacial score (nSPS) is 35.0. The van der Waals surface area contributed by atoms with Crippen LogP contribution < -0.4 is 11.2 Å². The van der Waals surface area contributed by atoms with Gasteiger partial charge in [-0.05, 0) is 27.2 Å². The maximum Gasteiger partial charge on any atom is 0.510 e. The predicted molar refractivity (Wildman–Crippen MR) is 101 cm³/mol. The summed E-state index contributed by atoms with van der Waals surface area (Å²) in [4.78, 5) is 36.9. The quantitative estimate of drug-likeness (QED) is 0.353. The molecule has 2 saturated heterocycles. The van der Waals surface area contributed by atoms with E-state index in [2.05, 4.69) is 4.74 Å². The summed E-state index contributed by atoms with van der Waals surface area (Å²) in [6, 6.07) is 1.04. The Hall–Kier alpha value is -2.05. The molecule has 0 saturated carbocycles. The average Bonchev–Trinajstić information content (AvgIpc) is 2.89. The van der Waals surface area contributed by atoms with Gasteiger partial charge in [0.2, 0.25) is 6.79 Å². The van der Waals surface area contributed by atoms with E-state index in [-0.39, 0.29) is 12.6 Å². The second-order valence-corrected chi connectivity index (χ2v) is 9.93. The van der Waals surface area contributed by atoms with Crippen LogP contribution in [0, 0.1) is 0 Å². The Morgan fingerprint density at radius 2 is 2.19 bits per heavy atom. The fraction of sp³-hybridized carbons (Fsp3) is 0.706. The first-order chi connectivity index (χ1) is 14.4. The highest BCUT2D eigenvalue weighted by Gasteiger charge is 2.67. The van der Waals surface area contributed by atoms with Crippen molar-refractivity contribution < 1.29 is 42.1 Å². The lowest BCUT2D eigenvalue weighted by molar-refractivity contribution is -0.125. The molecule has 31 heavy (non-hydrogen) atoms. The van der Waals surface area contributed by atoms with E-state index in [0.29, 0.717) is 0 Å². The first kappa shape index (κ1) is 23.6. The minimum Gasteiger partial charge on any atom is -0.432 e. The Bertz CT molecular complexity index is 992. The number of fused-ring (bicyclic) bond motifs is 1. The molecule has 0 aromatic carbocycles. The van der Waals surface area contributed by atoms with Crippen molar-refractivity contribution in [3.63, 3.8) is 0 Å². The second kappa shape index (κ2) is 8.47. The highest BCUT2D eigenvalue weighted by Crippen LogP contribution is 2.62. The maximum absolute atomic E-state index is 14.1. The molecular formula is C17H24FN2O10P. The van der Waals surface area contributed by atoms with E-state index in [9.17, 15) is 28.4 Å². The fourth-order valence-corrected chi connectivity index (χ4v) is 5.48. The number of nitrogens with one attached hydrogen (secondary N) is 1. The van der Waals surface area contributed by atoms with Gasteiger partial charge in [0.1, 0.15) is 24.0 Å². The molecule has 0 amide bonds. The van der Waals surface area contributed by atoms with Crippen LogP contribution in [0.1, 0.15) is 33.4 Å². The van der Waals surface area contributed by atoms with E-state index in [1.54, 1.807) is 13.8 Å². The summed E-state index contributed by atoms with van der Waals surface area (Å²) in [7, 11) is -3.93. The van der Waals surface area contributed by atoms with E-state index < -0.39 is 68.1 Å². The van der Waals surface area contributed by atoms with Crippen LogP contribution in [0.3, 0.4) is 0 Å². The molecule has 3 rings (SSSR count). The van der Waals surface area contributed by atoms with Gasteiger partial charge in [-0.2, -0.15) is 0 Å². The van der Waals surface area contributed by atoms with E-state index >= 15 is 0 Å². The van der Waals surface area contributed by atoms with Crippen LogP contribution in [0.2, 0.25) is 0 Å². The first-order valence-corrected chi connectivity index (χ1v) is 11.2. The molecule has 5 atom stereocenters. The number of alkyl halides is 1. The molecule has 14 heteroatoms. The molecule has 1 aromatic rings. The highest BCUT2D eigenvalue weighted by atomic mass is 31.2. The minimum atomic E-state index is -3.93. The number of aromatic nitrogens is 2. The van der Waals surface area contributed by atoms with Gasteiger partial charge in [0.15, 0.2) is 6.23 Å². The van der Waals surface area contributed by atoms with E-state index in [1.807, 2.05) is 4.98 Å². The van der Waals surface area contributed by atoms with E-state index in [0.717, 1.165) is 16.8 Å². The number of nitrogens with zero attached hydrogens (tertiary/aromatic N) is 1. The monoisotopic (exact) mass is 466 g/mol.